The molecule has 3 heterocycles. The van der Waals surface area contributed by atoms with Gasteiger partial charge in [0.05, 0.1) is 11.7 Å². The van der Waals surface area contributed by atoms with Crippen LogP contribution in [0.1, 0.15) is 25.5 Å². The number of rotatable bonds is 5. The minimum Gasteiger partial charge on any atom is -0.372 e. The van der Waals surface area contributed by atoms with Gasteiger partial charge in [0.15, 0.2) is 0 Å². The fourth-order valence-corrected chi connectivity index (χ4v) is 3.84. The Hall–Kier alpha value is -1.93. The molecular weight excluding hydrogens is 334 g/mol. The molecule has 2 fully saturated rings. The normalized spacial score (nSPS) is 22.1. The van der Waals surface area contributed by atoms with E-state index in [-0.39, 0.29) is 24.5 Å². The van der Waals surface area contributed by atoms with Crippen LogP contribution >= 0.6 is 0 Å². The molecule has 8 heteroatoms. The summed E-state index contributed by atoms with van der Waals surface area (Å²) in [4.78, 5) is 31.1. The molecule has 0 radical (unpaired) electrons. The predicted molar refractivity (Wildman–Crippen MR) is 98.0 cm³/mol. The van der Waals surface area contributed by atoms with Gasteiger partial charge in [-0.2, -0.15) is 5.10 Å². The van der Waals surface area contributed by atoms with Gasteiger partial charge in [-0.05, 0) is 26.7 Å². The van der Waals surface area contributed by atoms with Crippen molar-refractivity contribution in [1.29, 1.82) is 0 Å². The maximum Gasteiger partial charge on any atom is 0.248 e. The summed E-state index contributed by atoms with van der Waals surface area (Å²) >= 11 is 0. The molecule has 0 saturated carbocycles. The third-order valence-electron chi connectivity index (χ3n) is 5.20. The van der Waals surface area contributed by atoms with E-state index in [0.29, 0.717) is 19.7 Å². The third-order valence-corrected chi connectivity index (χ3v) is 5.20. The Morgan fingerprint density at radius 1 is 1.27 bits per heavy atom. The van der Waals surface area contributed by atoms with Gasteiger partial charge in [-0.3, -0.25) is 24.1 Å². The van der Waals surface area contributed by atoms with Crippen molar-refractivity contribution in [3.8, 4) is 0 Å². The highest BCUT2D eigenvalue weighted by atomic mass is 16.5. The monoisotopic (exact) mass is 363 g/mol. The molecule has 8 nitrogen and oxygen atoms in total. The highest BCUT2D eigenvalue weighted by Gasteiger charge is 2.36. The second-order valence-corrected chi connectivity index (χ2v) is 6.97. The van der Waals surface area contributed by atoms with Crippen molar-refractivity contribution in [3.05, 3.63) is 11.8 Å². The van der Waals surface area contributed by atoms with E-state index in [1.165, 1.54) is 0 Å². The quantitative estimate of drug-likeness (QED) is 0.758. The first-order chi connectivity index (χ1) is 12.5. The number of aryl methyl sites for hydroxylation is 2. The maximum absolute atomic E-state index is 13.1. The molecule has 0 aromatic carbocycles. The topological polar surface area (TPSA) is 70.9 Å². The number of ether oxygens (including phenoxy) is 1. The van der Waals surface area contributed by atoms with Crippen molar-refractivity contribution < 1.29 is 14.3 Å². The minimum absolute atomic E-state index is 0.0356. The number of anilines is 1. The lowest BCUT2D eigenvalue weighted by molar-refractivity contribution is -0.138. The third kappa shape index (κ3) is 3.91. The lowest BCUT2D eigenvalue weighted by atomic mass is 10.0. The van der Waals surface area contributed by atoms with Crippen molar-refractivity contribution in [2.75, 3.05) is 50.8 Å². The summed E-state index contributed by atoms with van der Waals surface area (Å²) in [5, 5.41) is 4.37. The number of carbonyl (C=O) groups excluding carboxylic acids is 2. The summed E-state index contributed by atoms with van der Waals surface area (Å²) in [6.07, 6.45) is 1.85. The van der Waals surface area contributed by atoms with Gasteiger partial charge in [0.2, 0.25) is 11.8 Å². The van der Waals surface area contributed by atoms with Crippen LogP contribution < -0.4 is 4.90 Å². The largest absolute Gasteiger partial charge is 0.372 e. The standard InChI is InChI=1S/C18H29N5O3/c1-4-26-13-17(24)22-10-8-21(9-11-22)15-6-5-7-23(18(15)25)16-12-14(2)19-20(16)3/h12,15H,4-11,13H2,1-3H3. The van der Waals surface area contributed by atoms with E-state index in [1.807, 2.05) is 36.8 Å². The molecule has 0 spiro atoms. The van der Waals surface area contributed by atoms with Crippen LogP contribution in [0.4, 0.5) is 5.82 Å². The summed E-state index contributed by atoms with van der Waals surface area (Å²) in [5.41, 5.74) is 0.916. The molecule has 0 N–H and O–H groups in total. The van der Waals surface area contributed by atoms with E-state index in [0.717, 1.165) is 44.0 Å². The molecule has 3 rings (SSSR count). The molecule has 1 atom stereocenters. The van der Waals surface area contributed by atoms with Crippen LogP contribution in [0.15, 0.2) is 6.07 Å². The van der Waals surface area contributed by atoms with Crippen molar-refractivity contribution in [2.24, 2.45) is 7.05 Å². The maximum atomic E-state index is 13.1. The van der Waals surface area contributed by atoms with Crippen molar-refractivity contribution >= 4 is 17.6 Å². The zero-order valence-corrected chi connectivity index (χ0v) is 16.0. The van der Waals surface area contributed by atoms with Gasteiger partial charge >= 0.3 is 0 Å². The van der Waals surface area contributed by atoms with Crippen LogP contribution in [0.25, 0.3) is 0 Å². The average Bonchev–Trinajstić information content (AvgIpc) is 2.98. The van der Waals surface area contributed by atoms with E-state index in [1.54, 1.807) is 4.68 Å². The zero-order valence-electron chi connectivity index (χ0n) is 16.0. The van der Waals surface area contributed by atoms with Crippen LogP contribution in [0.2, 0.25) is 0 Å². The lowest BCUT2D eigenvalue weighted by Gasteiger charge is -2.42. The number of carbonyl (C=O) groups is 2. The number of piperazine rings is 1. The molecule has 2 amide bonds. The Bertz CT molecular complexity index is 651. The number of amides is 2. The summed E-state index contributed by atoms with van der Waals surface area (Å²) in [6.45, 7) is 8.02. The second kappa shape index (κ2) is 8.18. The highest BCUT2D eigenvalue weighted by molar-refractivity contribution is 5.97. The van der Waals surface area contributed by atoms with Gasteiger partial charge in [0.1, 0.15) is 12.4 Å². The molecule has 1 unspecified atom stereocenters. The summed E-state index contributed by atoms with van der Waals surface area (Å²) in [6, 6.07) is 1.85. The molecule has 2 aliphatic rings. The number of hydrogen-bond acceptors (Lipinski definition) is 5. The molecule has 144 valence electrons. The molecule has 2 aliphatic heterocycles. The molecule has 1 aromatic rings. The number of nitrogens with zero attached hydrogens (tertiary/aromatic N) is 5. The minimum atomic E-state index is -0.108. The summed E-state index contributed by atoms with van der Waals surface area (Å²) < 4.78 is 6.99. The van der Waals surface area contributed by atoms with Crippen molar-refractivity contribution in [2.45, 2.75) is 32.7 Å². The molecular formula is C18H29N5O3. The van der Waals surface area contributed by atoms with Crippen LogP contribution in [-0.2, 0) is 21.4 Å². The van der Waals surface area contributed by atoms with E-state index in [2.05, 4.69) is 10.00 Å². The van der Waals surface area contributed by atoms with Crippen LogP contribution in [-0.4, -0.2) is 83.4 Å². The van der Waals surface area contributed by atoms with Gasteiger partial charge < -0.3 is 9.64 Å². The van der Waals surface area contributed by atoms with Crippen LogP contribution in [0.3, 0.4) is 0 Å². The predicted octanol–water partition coefficient (Wildman–Crippen LogP) is 0.405. The Labute approximate surface area is 154 Å². The molecule has 2 saturated heterocycles. The smallest absolute Gasteiger partial charge is 0.248 e. The first-order valence-electron chi connectivity index (χ1n) is 9.43. The lowest BCUT2D eigenvalue weighted by Crippen LogP contribution is -2.59. The molecule has 0 bridgehead atoms. The summed E-state index contributed by atoms with van der Waals surface area (Å²) in [5.74, 6) is 1.05. The number of hydrogen-bond donors (Lipinski definition) is 0. The van der Waals surface area contributed by atoms with E-state index < -0.39 is 0 Å². The zero-order chi connectivity index (χ0) is 18.7. The van der Waals surface area contributed by atoms with Gasteiger partial charge in [-0.15, -0.1) is 0 Å². The Morgan fingerprint density at radius 3 is 2.62 bits per heavy atom. The first-order valence-corrected chi connectivity index (χ1v) is 9.43. The van der Waals surface area contributed by atoms with Gasteiger partial charge in [0, 0.05) is 52.4 Å². The van der Waals surface area contributed by atoms with Gasteiger partial charge in [-0.25, -0.2) is 0 Å². The first kappa shape index (κ1) is 18.8. The van der Waals surface area contributed by atoms with E-state index in [4.69, 9.17) is 4.74 Å². The highest BCUT2D eigenvalue weighted by Crippen LogP contribution is 2.25. The average molecular weight is 363 g/mol. The Kier molecular flexibility index (Phi) is 5.93. The van der Waals surface area contributed by atoms with Gasteiger partial charge in [-0.1, -0.05) is 0 Å². The summed E-state index contributed by atoms with van der Waals surface area (Å²) in [7, 11) is 1.88. The SMILES string of the molecule is CCOCC(=O)N1CCN(C2CCCN(c3cc(C)nn3C)C2=O)CC1. The molecule has 0 aliphatic carbocycles. The Balaban J connectivity index is 1.61. The fraction of sp³-hybridized carbons (Fsp3) is 0.722. The second-order valence-electron chi connectivity index (χ2n) is 6.97. The number of piperidine rings is 1. The fourth-order valence-electron chi connectivity index (χ4n) is 3.84. The van der Waals surface area contributed by atoms with Crippen LogP contribution in [0, 0.1) is 6.92 Å². The van der Waals surface area contributed by atoms with Crippen molar-refractivity contribution in [3.63, 3.8) is 0 Å². The van der Waals surface area contributed by atoms with Crippen molar-refractivity contribution in [1.82, 2.24) is 19.6 Å². The Morgan fingerprint density at radius 2 is 2.00 bits per heavy atom. The van der Waals surface area contributed by atoms with E-state index >= 15 is 0 Å². The number of aromatic nitrogens is 2. The molecule has 26 heavy (non-hydrogen) atoms. The van der Waals surface area contributed by atoms with Crippen LogP contribution in [0.5, 0.6) is 0 Å². The van der Waals surface area contributed by atoms with E-state index in [9.17, 15) is 9.59 Å². The molecule has 1 aromatic heterocycles. The van der Waals surface area contributed by atoms with Gasteiger partial charge in [0.25, 0.3) is 0 Å².